The van der Waals surface area contributed by atoms with Gasteiger partial charge in [0, 0.05) is 4.47 Å². The predicted molar refractivity (Wildman–Crippen MR) is 91.7 cm³/mol. The van der Waals surface area contributed by atoms with Crippen LogP contribution in [0.2, 0.25) is 0 Å². The summed E-state index contributed by atoms with van der Waals surface area (Å²) in [6, 6.07) is 15.3. The number of carbonyl (C=O) groups excluding carboxylic acids is 1. The van der Waals surface area contributed by atoms with Crippen molar-refractivity contribution in [3.8, 4) is 11.5 Å². The molecular formula is C18H18BrNO3. The third-order valence-electron chi connectivity index (χ3n) is 3.80. The number of fused-ring (bicyclic) bond motifs is 1. The molecule has 1 N–H and O–H groups in total. The lowest BCUT2D eigenvalue weighted by atomic mass is 10.0. The van der Waals surface area contributed by atoms with E-state index < -0.39 is 6.10 Å². The third kappa shape index (κ3) is 3.67. The molecule has 4 nitrogen and oxygen atoms in total. The van der Waals surface area contributed by atoms with Crippen molar-refractivity contribution in [1.82, 2.24) is 5.32 Å². The van der Waals surface area contributed by atoms with Gasteiger partial charge >= 0.3 is 0 Å². The maximum Gasteiger partial charge on any atom is 0.265 e. The third-order valence-corrected chi connectivity index (χ3v) is 4.33. The molecule has 5 heteroatoms. The first-order valence-electron chi connectivity index (χ1n) is 7.61. The van der Waals surface area contributed by atoms with E-state index in [-0.39, 0.29) is 18.6 Å². The largest absolute Gasteiger partial charge is 0.485 e. The summed E-state index contributed by atoms with van der Waals surface area (Å²) < 4.78 is 12.4. The normalized spacial score (nSPS) is 17.4. The lowest BCUT2D eigenvalue weighted by Crippen LogP contribution is -2.45. The van der Waals surface area contributed by atoms with Crippen LogP contribution in [0.5, 0.6) is 11.5 Å². The zero-order valence-corrected chi connectivity index (χ0v) is 14.4. The molecule has 0 spiro atoms. The molecule has 0 radical (unpaired) electrons. The molecule has 2 atom stereocenters. The van der Waals surface area contributed by atoms with Gasteiger partial charge in [-0.05, 0) is 36.2 Å². The van der Waals surface area contributed by atoms with Crippen LogP contribution in [-0.2, 0) is 4.79 Å². The van der Waals surface area contributed by atoms with Crippen molar-refractivity contribution in [3.63, 3.8) is 0 Å². The van der Waals surface area contributed by atoms with Gasteiger partial charge in [-0.25, -0.2) is 0 Å². The first-order chi connectivity index (χ1) is 11.2. The van der Waals surface area contributed by atoms with Gasteiger partial charge in [0.2, 0.25) is 6.10 Å². The average molecular weight is 376 g/mol. The number of halogens is 1. The van der Waals surface area contributed by atoms with E-state index in [4.69, 9.17) is 9.47 Å². The Morgan fingerprint density at radius 1 is 1.22 bits per heavy atom. The Bertz CT molecular complexity index is 687. The molecule has 0 fully saturated rings. The fraction of sp³-hybridized carbons (Fsp3) is 0.278. The summed E-state index contributed by atoms with van der Waals surface area (Å²) in [6.45, 7) is 2.26. The molecule has 1 aliphatic rings. The first kappa shape index (κ1) is 15.9. The van der Waals surface area contributed by atoms with Gasteiger partial charge in [-0.1, -0.05) is 47.1 Å². The Morgan fingerprint density at radius 3 is 2.61 bits per heavy atom. The predicted octanol–water partition coefficient (Wildman–Crippen LogP) is 3.86. The van der Waals surface area contributed by atoms with E-state index in [1.807, 2.05) is 49.4 Å². The molecule has 2 aromatic carbocycles. The summed E-state index contributed by atoms with van der Waals surface area (Å²) in [5.41, 5.74) is 1.07. The number of rotatable bonds is 4. The van der Waals surface area contributed by atoms with Crippen LogP contribution in [0.3, 0.4) is 0 Å². The Balaban J connectivity index is 1.67. The molecule has 1 aliphatic heterocycles. The van der Waals surface area contributed by atoms with E-state index in [2.05, 4.69) is 21.2 Å². The fourth-order valence-corrected chi connectivity index (χ4v) is 2.79. The molecule has 0 aliphatic carbocycles. The van der Waals surface area contributed by atoms with Crippen molar-refractivity contribution in [2.24, 2.45) is 0 Å². The second-order valence-corrected chi connectivity index (χ2v) is 6.30. The maximum atomic E-state index is 12.5. The van der Waals surface area contributed by atoms with E-state index >= 15 is 0 Å². The van der Waals surface area contributed by atoms with E-state index in [1.54, 1.807) is 6.07 Å². The van der Waals surface area contributed by atoms with Gasteiger partial charge in [0.25, 0.3) is 5.91 Å². The minimum atomic E-state index is -0.630. The van der Waals surface area contributed by atoms with Crippen molar-refractivity contribution in [2.45, 2.75) is 25.5 Å². The van der Waals surface area contributed by atoms with Gasteiger partial charge in [0.1, 0.15) is 6.61 Å². The zero-order valence-electron chi connectivity index (χ0n) is 12.8. The standard InChI is InChI=1S/C18H18BrNO3/c1-2-14(12-7-9-13(19)10-8-12)20-18(21)17-11-22-15-5-3-4-6-16(15)23-17/h3-10,14,17H,2,11H2,1H3,(H,20,21). The molecule has 0 aromatic heterocycles. The van der Waals surface area contributed by atoms with Crippen molar-refractivity contribution in [2.75, 3.05) is 6.61 Å². The topological polar surface area (TPSA) is 47.6 Å². The van der Waals surface area contributed by atoms with Crippen LogP contribution in [-0.4, -0.2) is 18.6 Å². The summed E-state index contributed by atoms with van der Waals surface area (Å²) in [4.78, 5) is 12.5. The van der Waals surface area contributed by atoms with Crippen molar-refractivity contribution >= 4 is 21.8 Å². The number of hydrogen-bond donors (Lipinski definition) is 1. The van der Waals surface area contributed by atoms with Crippen LogP contribution in [0.1, 0.15) is 24.9 Å². The molecule has 0 bridgehead atoms. The van der Waals surface area contributed by atoms with E-state index in [0.717, 1.165) is 16.5 Å². The lowest BCUT2D eigenvalue weighted by molar-refractivity contribution is -0.131. The first-order valence-corrected chi connectivity index (χ1v) is 8.41. The van der Waals surface area contributed by atoms with Gasteiger partial charge in [-0.15, -0.1) is 0 Å². The van der Waals surface area contributed by atoms with Gasteiger partial charge in [-0.2, -0.15) is 0 Å². The number of hydrogen-bond acceptors (Lipinski definition) is 3. The number of benzene rings is 2. The number of amides is 1. The Hall–Kier alpha value is -2.01. The molecule has 120 valence electrons. The highest BCUT2D eigenvalue weighted by molar-refractivity contribution is 9.10. The molecule has 0 saturated heterocycles. The van der Waals surface area contributed by atoms with Crippen molar-refractivity contribution in [3.05, 3.63) is 58.6 Å². The van der Waals surface area contributed by atoms with Crippen LogP contribution in [0.25, 0.3) is 0 Å². The number of nitrogens with one attached hydrogen (secondary N) is 1. The number of ether oxygens (including phenoxy) is 2. The second-order valence-electron chi connectivity index (χ2n) is 5.39. The minimum absolute atomic E-state index is 0.0450. The van der Waals surface area contributed by atoms with Crippen LogP contribution in [0.15, 0.2) is 53.0 Å². The zero-order chi connectivity index (χ0) is 16.2. The highest BCUT2D eigenvalue weighted by Gasteiger charge is 2.28. The van der Waals surface area contributed by atoms with Gasteiger partial charge in [-0.3, -0.25) is 4.79 Å². The minimum Gasteiger partial charge on any atom is -0.485 e. The van der Waals surface area contributed by atoms with E-state index in [1.165, 1.54) is 0 Å². The molecule has 1 heterocycles. The number of carbonyl (C=O) groups is 1. The highest BCUT2D eigenvalue weighted by Crippen LogP contribution is 2.31. The molecule has 23 heavy (non-hydrogen) atoms. The summed E-state index contributed by atoms with van der Waals surface area (Å²) in [7, 11) is 0. The van der Waals surface area contributed by atoms with Crippen molar-refractivity contribution in [1.29, 1.82) is 0 Å². The summed E-state index contributed by atoms with van der Waals surface area (Å²) in [5.74, 6) is 1.13. The summed E-state index contributed by atoms with van der Waals surface area (Å²) >= 11 is 3.42. The highest BCUT2D eigenvalue weighted by atomic mass is 79.9. The summed E-state index contributed by atoms with van der Waals surface area (Å²) in [6.07, 6.45) is 0.173. The van der Waals surface area contributed by atoms with Crippen LogP contribution in [0.4, 0.5) is 0 Å². The SMILES string of the molecule is CCC(NC(=O)C1COc2ccccc2O1)c1ccc(Br)cc1. The van der Waals surface area contributed by atoms with Gasteiger partial charge in [0.15, 0.2) is 11.5 Å². The van der Waals surface area contributed by atoms with Gasteiger partial charge in [0.05, 0.1) is 6.04 Å². The fourth-order valence-electron chi connectivity index (χ4n) is 2.53. The second kappa shape index (κ2) is 7.04. The molecule has 1 amide bonds. The van der Waals surface area contributed by atoms with E-state index in [0.29, 0.717) is 11.5 Å². The summed E-state index contributed by atoms with van der Waals surface area (Å²) in [5, 5.41) is 3.04. The average Bonchev–Trinajstić information content (AvgIpc) is 2.60. The van der Waals surface area contributed by atoms with E-state index in [9.17, 15) is 4.79 Å². The molecule has 2 aromatic rings. The van der Waals surface area contributed by atoms with Crippen LogP contribution in [0, 0.1) is 0 Å². The smallest absolute Gasteiger partial charge is 0.265 e. The monoisotopic (exact) mass is 375 g/mol. The maximum absolute atomic E-state index is 12.5. The lowest BCUT2D eigenvalue weighted by Gasteiger charge is -2.27. The van der Waals surface area contributed by atoms with Crippen LogP contribution >= 0.6 is 15.9 Å². The number of para-hydroxylation sites is 2. The molecular weight excluding hydrogens is 358 g/mol. The van der Waals surface area contributed by atoms with Crippen molar-refractivity contribution < 1.29 is 14.3 Å². The van der Waals surface area contributed by atoms with Crippen LogP contribution < -0.4 is 14.8 Å². The Kier molecular flexibility index (Phi) is 4.86. The molecule has 3 rings (SSSR count). The molecule has 2 unspecified atom stereocenters. The van der Waals surface area contributed by atoms with Gasteiger partial charge < -0.3 is 14.8 Å². The Labute approximate surface area is 143 Å². The molecule has 0 saturated carbocycles. The Morgan fingerprint density at radius 2 is 1.91 bits per heavy atom. The quantitative estimate of drug-likeness (QED) is 0.882.